The first kappa shape index (κ1) is 12.1. The first-order chi connectivity index (χ1) is 8.15. The predicted molar refractivity (Wildman–Crippen MR) is 70.1 cm³/mol. The Morgan fingerprint density at radius 3 is 2.41 bits per heavy atom. The second kappa shape index (κ2) is 5.30. The van der Waals surface area contributed by atoms with Crippen LogP contribution in [-0.2, 0) is 0 Å². The summed E-state index contributed by atoms with van der Waals surface area (Å²) in [5, 5.41) is 1.16. The van der Waals surface area contributed by atoms with Crippen LogP contribution in [0.5, 0.6) is 0 Å². The van der Waals surface area contributed by atoms with Crippen molar-refractivity contribution in [2.24, 2.45) is 4.99 Å². The Hall–Kier alpha value is -1.38. The molecule has 0 heterocycles. The van der Waals surface area contributed by atoms with Crippen molar-refractivity contribution in [1.82, 2.24) is 0 Å². The average molecular weight is 268 g/mol. The van der Waals surface area contributed by atoms with Crippen LogP contribution in [0.4, 0.5) is 10.1 Å². The highest BCUT2D eigenvalue weighted by Gasteiger charge is 1.98. The molecule has 0 saturated carbocycles. The summed E-state index contributed by atoms with van der Waals surface area (Å²) in [5.74, 6) is -0.287. The van der Waals surface area contributed by atoms with Gasteiger partial charge >= 0.3 is 0 Å². The lowest BCUT2D eigenvalue weighted by atomic mass is 10.2. The highest BCUT2D eigenvalue weighted by atomic mass is 35.5. The van der Waals surface area contributed by atoms with Crippen LogP contribution in [0.15, 0.2) is 47.5 Å². The van der Waals surface area contributed by atoms with Crippen molar-refractivity contribution in [3.8, 4) is 0 Å². The number of aliphatic imine (C=N–C) groups is 1. The highest BCUT2D eigenvalue weighted by molar-refractivity contribution is 6.35. The summed E-state index contributed by atoms with van der Waals surface area (Å²) in [4.78, 5) is 4.18. The molecule has 0 aliphatic carbocycles. The van der Waals surface area contributed by atoms with Crippen LogP contribution in [0, 0.1) is 5.82 Å². The molecule has 86 valence electrons. The summed E-state index contributed by atoms with van der Waals surface area (Å²) >= 11 is 11.8. The molecule has 0 amide bonds. The molecule has 2 rings (SSSR count). The van der Waals surface area contributed by atoms with Crippen molar-refractivity contribution in [2.75, 3.05) is 0 Å². The van der Waals surface area contributed by atoms with Crippen LogP contribution >= 0.6 is 23.2 Å². The standard InChI is InChI=1S/C13H8Cl2FN/c14-10-1-6-13(15)9(7-10)8-17-12-4-2-11(16)3-5-12/h1-8H. The largest absolute Gasteiger partial charge is 0.256 e. The Balaban J connectivity index is 2.25. The van der Waals surface area contributed by atoms with Crippen LogP contribution in [0.25, 0.3) is 0 Å². The van der Waals surface area contributed by atoms with Gasteiger partial charge in [0.25, 0.3) is 0 Å². The maximum Gasteiger partial charge on any atom is 0.123 e. The lowest BCUT2D eigenvalue weighted by molar-refractivity contribution is 0.628. The molecule has 0 saturated heterocycles. The SMILES string of the molecule is Fc1ccc(N=Cc2cc(Cl)ccc2Cl)cc1. The van der Waals surface area contributed by atoms with Gasteiger partial charge in [-0.1, -0.05) is 23.2 Å². The van der Waals surface area contributed by atoms with Crippen molar-refractivity contribution < 1.29 is 4.39 Å². The third kappa shape index (κ3) is 3.29. The van der Waals surface area contributed by atoms with Gasteiger partial charge in [0, 0.05) is 21.8 Å². The first-order valence-corrected chi connectivity index (χ1v) is 5.65. The van der Waals surface area contributed by atoms with E-state index in [4.69, 9.17) is 23.2 Å². The molecule has 0 radical (unpaired) electrons. The molecule has 2 aromatic rings. The second-order valence-electron chi connectivity index (χ2n) is 3.40. The molecule has 0 spiro atoms. The van der Waals surface area contributed by atoms with Crippen molar-refractivity contribution in [3.63, 3.8) is 0 Å². The van der Waals surface area contributed by atoms with Gasteiger partial charge in [-0.15, -0.1) is 0 Å². The van der Waals surface area contributed by atoms with Crippen LogP contribution in [0.3, 0.4) is 0 Å². The van der Waals surface area contributed by atoms with Crippen molar-refractivity contribution in [1.29, 1.82) is 0 Å². The quantitative estimate of drug-likeness (QED) is 0.688. The van der Waals surface area contributed by atoms with Gasteiger partial charge in [0.1, 0.15) is 5.82 Å². The molecule has 0 fully saturated rings. The van der Waals surface area contributed by atoms with E-state index in [9.17, 15) is 4.39 Å². The van der Waals surface area contributed by atoms with E-state index in [0.29, 0.717) is 15.7 Å². The minimum Gasteiger partial charge on any atom is -0.256 e. The average Bonchev–Trinajstić information content (AvgIpc) is 2.32. The van der Waals surface area contributed by atoms with Crippen LogP contribution in [0.1, 0.15) is 5.56 Å². The molecule has 0 unspecified atom stereocenters. The van der Waals surface area contributed by atoms with Crippen LogP contribution in [0.2, 0.25) is 10.0 Å². The summed E-state index contributed by atoms with van der Waals surface area (Å²) in [6, 6.07) is 11.0. The van der Waals surface area contributed by atoms with E-state index in [-0.39, 0.29) is 5.82 Å². The van der Waals surface area contributed by atoms with Crippen LogP contribution in [-0.4, -0.2) is 6.21 Å². The molecule has 0 atom stereocenters. The molecule has 17 heavy (non-hydrogen) atoms. The zero-order valence-corrected chi connectivity index (χ0v) is 10.2. The van der Waals surface area contributed by atoms with Gasteiger partial charge in [-0.05, 0) is 42.5 Å². The first-order valence-electron chi connectivity index (χ1n) is 4.90. The van der Waals surface area contributed by atoms with E-state index >= 15 is 0 Å². The summed E-state index contributed by atoms with van der Waals surface area (Å²) < 4.78 is 12.7. The van der Waals surface area contributed by atoms with E-state index in [1.54, 1.807) is 36.5 Å². The maximum atomic E-state index is 12.7. The van der Waals surface area contributed by atoms with Crippen molar-refractivity contribution >= 4 is 35.1 Å². The van der Waals surface area contributed by atoms with E-state index < -0.39 is 0 Å². The Kier molecular flexibility index (Phi) is 3.77. The van der Waals surface area contributed by atoms with Gasteiger partial charge in [-0.3, -0.25) is 4.99 Å². The number of halogens is 3. The summed E-state index contributed by atoms with van der Waals surface area (Å²) in [6.07, 6.45) is 1.60. The fraction of sp³-hybridized carbons (Fsp3) is 0. The number of rotatable bonds is 2. The van der Waals surface area contributed by atoms with Gasteiger partial charge < -0.3 is 0 Å². The fourth-order valence-corrected chi connectivity index (χ4v) is 1.63. The molecule has 0 aromatic heterocycles. The van der Waals surface area contributed by atoms with Crippen LogP contribution < -0.4 is 0 Å². The minimum absolute atomic E-state index is 0.287. The Morgan fingerprint density at radius 1 is 1.00 bits per heavy atom. The Morgan fingerprint density at radius 2 is 1.71 bits per heavy atom. The third-order valence-corrected chi connectivity index (χ3v) is 2.72. The van der Waals surface area contributed by atoms with Crippen molar-refractivity contribution in [2.45, 2.75) is 0 Å². The Labute approximate surface area is 109 Å². The molecule has 0 N–H and O–H groups in total. The van der Waals surface area contributed by atoms with E-state index in [2.05, 4.69) is 4.99 Å². The number of benzene rings is 2. The van der Waals surface area contributed by atoms with Gasteiger partial charge in [0.2, 0.25) is 0 Å². The smallest absolute Gasteiger partial charge is 0.123 e. The van der Waals surface area contributed by atoms with Gasteiger partial charge in [0.05, 0.1) is 5.69 Å². The lowest BCUT2D eigenvalue weighted by Crippen LogP contribution is -1.82. The van der Waals surface area contributed by atoms with E-state index in [1.807, 2.05) is 0 Å². The topological polar surface area (TPSA) is 12.4 Å². The van der Waals surface area contributed by atoms with Gasteiger partial charge in [-0.25, -0.2) is 4.39 Å². The summed E-state index contributed by atoms with van der Waals surface area (Å²) in [6.45, 7) is 0. The zero-order chi connectivity index (χ0) is 12.3. The normalized spacial score (nSPS) is 11.0. The van der Waals surface area contributed by atoms with Crippen molar-refractivity contribution in [3.05, 3.63) is 63.9 Å². The molecule has 0 bridgehead atoms. The van der Waals surface area contributed by atoms with Gasteiger partial charge in [-0.2, -0.15) is 0 Å². The molecule has 1 nitrogen and oxygen atoms in total. The molecular formula is C13H8Cl2FN. The zero-order valence-electron chi connectivity index (χ0n) is 8.70. The summed E-state index contributed by atoms with van der Waals surface area (Å²) in [7, 11) is 0. The molecule has 0 aliphatic rings. The predicted octanol–water partition coefficient (Wildman–Crippen LogP) is 4.88. The van der Waals surface area contributed by atoms with E-state index in [1.165, 1.54) is 12.1 Å². The highest BCUT2D eigenvalue weighted by Crippen LogP contribution is 2.20. The maximum absolute atomic E-state index is 12.7. The number of nitrogens with zero attached hydrogens (tertiary/aromatic N) is 1. The molecular weight excluding hydrogens is 260 g/mol. The molecule has 4 heteroatoms. The minimum atomic E-state index is -0.287. The van der Waals surface area contributed by atoms with Gasteiger partial charge in [0.15, 0.2) is 0 Å². The lowest BCUT2D eigenvalue weighted by Gasteiger charge is -1.98. The fourth-order valence-electron chi connectivity index (χ4n) is 1.28. The Bertz CT molecular complexity index is 550. The number of hydrogen-bond donors (Lipinski definition) is 0. The number of hydrogen-bond acceptors (Lipinski definition) is 1. The monoisotopic (exact) mass is 267 g/mol. The van der Waals surface area contributed by atoms with E-state index in [0.717, 1.165) is 5.56 Å². The molecule has 2 aromatic carbocycles. The molecule has 0 aliphatic heterocycles. The summed E-state index contributed by atoms with van der Waals surface area (Å²) in [5.41, 5.74) is 1.38. The second-order valence-corrected chi connectivity index (χ2v) is 4.24. The third-order valence-electron chi connectivity index (χ3n) is 2.14.